The molecule has 3 aromatic rings. The third kappa shape index (κ3) is 3.06. The van der Waals surface area contributed by atoms with Crippen LogP contribution in [0.5, 0.6) is 0 Å². The molecule has 0 radical (unpaired) electrons. The number of hydrogen-bond donors (Lipinski definition) is 3. The fraction of sp³-hybridized carbons (Fsp3) is 0. The van der Waals surface area contributed by atoms with Gasteiger partial charge in [0.05, 0.1) is 17.6 Å². The Morgan fingerprint density at radius 3 is 2.65 bits per heavy atom. The van der Waals surface area contributed by atoms with Crippen LogP contribution in [0.15, 0.2) is 47.3 Å². The molecule has 0 saturated carbocycles. The number of carbonyl (C=O) groups is 2. The van der Waals surface area contributed by atoms with Crippen LogP contribution in [-0.2, 0) is 0 Å². The molecule has 0 aliphatic rings. The first-order valence-electron chi connectivity index (χ1n) is 6.63. The molecule has 5 N–H and O–H groups in total. The molecule has 0 bridgehead atoms. The molecule has 8 heteroatoms. The lowest BCUT2D eigenvalue weighted by atomic mass is 10.1. The largest absolute Gasteiger partial charge is 0.364 e. The van der Waals surface area contributed by atoms with Crippen LogP contribution in [0.3, 0.4) is 0 Å². The van der Waals surface area contributed by atoms with Crippen LogP contribution in [0.4, 0.5) is 10.5 Å². The molecule has 0 aliphatic carbocycles. The Hall–Kier alpha value is -3.13. The van der Waals surface area contributed by atoms with E-state index in [0.29, 0.717) is 0 Å². The summed E-state index contributed by atoms with van der Waals surface area (Å²) in [5.41, 5.74) is 13.3. The monoisotopic (exact) mass is 327 g/mol. The standard InChI is InChI=1S/C15H13N5O2S/c16-14(21)13-12(18-15(17)22)7-20(19-13)11-3-1-2-9(6-11)10-4-5-23-8-10/h1-8H,(H2,16,21)(H3,17,18,22). The lowest BCUT2D eigenvalue weighted by molar-refractivity contribution is 0.0996. The van der Waals surface area contributed by atoms with Crippen LogP contribution >= 0.6 is 11.3 Å². The third-order valence-electron chi connectivity index (χ3n) is 3.17. The molecular weight excluding hydrogens is 314 g/mol. The molecule has 0 atom stereocenters. The zero-order valence-corrected chi connectivity index (χ0v) is 12.7. The highest BCUT2D eigenvalue weighted by Gasteiger charge is 2.16. The fourth-order valence-corrected chi connectivity index (χ4v) is 2.83. The van der Waals surface area contributed by atoms with Crippen molar-refractivity contribution >= 4 is 29.0 Å². The smallest absolute Gasteiger partial charge is 0.316 e. The summed E-state index contributed by atoms with van der Waals surface area (Å²) in [6.45, 7) is 0. The number of primary amides is 2. The van der Waals surface area contributed by atoms with E-state index in [9.17, 15) is 9.59 Å². The van der Waals surface area contributed by atoms with Gasteiger partial charge in [-0.15, -0.1) is 0 Å². The quantitative estimate of drug-likeness (QED) is 0.682. The molecule has 7 nitrogen and oxygen atoms in total. The lowest BCUT2D eigenvalue weighted by Crippen LogP contribution is -2.22. The van der Waals surface area contributed by atoms with Gasteiger partial charge in [0.15, 0.2) is 5.69 Å². The molecule has 116 valence electrons. The molecule has 0 unspecified atom stereocenters. The van der Waals surface area contributed by atoms with Crippen molar-refractivity contribution in [2.24, 2.45) is 11.5 Å². The number of carbonyl (C=O) groups excluding carboxylic acids is 2. The Labute approximate surface area is 135 Å². The predicted octanol–water partition coefficient (Wildman–Crippen LogP) is 2.19. The maximum atomic E-state index is 11.5. The molecule has 23 heavy (non-hydrogen) atoms. The number of amides is 3. The Kier molecular flexibility index (Phi) is 3.82. The van der Waals surface area contributed by atoms with E-state index < -0.39 is 11.9 Å². The second-order valence-corrected chi connectivity index (χ2v) is 5.53. The van der Waals surface area contributed by atoms with E-state index in [1.807, 2.05) is 41.1 Å². The maximum Gasteiger partial charge on any atom is 0.316 e. The van der Waals surface area contributed by atoms with Crippen LogP contribution in [0.25, 0.3) is 16.8 Å². The second-order valence-electron chi connectivity index (χ2n) is 4.75. The number of urea groups is 1. The van der Waals surface area contributed by atoms with Crippen LogP contribution in [-0.4, -0.2) is 21.7 Å². The number of aromatic nitrogens is 2. The van der Waals surface area contributed by atoms with E-state index in [1.165, 1.54) is 10.9 Å². The van der Waals surface area contributed by atoms with Gasteiger partial charge < -0.3 is 16.8 Å². The summed E-state index contributed by atoms with van der Waals surface area (Å²) in [5.74, 6) is -0.749. The molecule has 0 fully saturated rings. The minimum absolute atomic E-state index is 0.0512. The average molecular weight is 327 g/mol. The zero-order valence-electron chi connectivity index (χ0n) is 11.9. The van der Waals surface area contributed by atoms with Gasteiger partial charge in [0.1, 0.15) is 0 Å². The summed E-state index contributed by atoms with van der Waals surface area (Å²) in [6.07, 6.45) is 1.50. The van der Waals surface area contributed by atoms with Crippen molar-refractivity contribution in [2.75, 3.05) is 5.32 Å². The summed E-state index contributed by atoms with van der Waals surface area (Å²) in [7, 11) is 0. The van der Waals surface area contributed by atoms with Crippen LogP contribution in [0, 0.1) is 0 Å². The average Bonchev–Trinajstić information content (AvgIpc) is 3.16. The first-order valence-corrected chi connectivity index (χ1v) is 7.58. The molecule has 2 heterocycles. The van der Waals surface area contributed by atoms with Crippen molar-refractivity contribution < 1.29 is 9.59 Å². The van der Waals surface area contributed by atoms with Crippen LogP contribution in [0.2, 0.25) is 0 Å². The number of nitrogens with one attached hydrogen (secondary N) is 1. The van der Waals surface area contributed by atoms with E-state index in [2.05, 4.69) is 10.4 Å². The van der Waals surface area contributed by atoms with Crippen molar-refractivity contribution in [1.82, 2.24) is 9.78 Å². The van der Waals surface area contributed by atoms with Crippen molar-refractivity contribution in [3.05, 3.63) is 53.0 Å². The first kappa shape index (κ1) is 14.8. The third-order valence-corrected chi connectivity index (χ3v) is 3.85. The Balaban J connectivity index is 2.03. The number of rotatable bonds is 4. The van der Waals surface area contributed by atoms with Gasteiger partial charge in [0, 0.05) is 0 Å². The van der Waals surface area contributed by atoms with Crippen molar-refractivity contribution in [2.45, 2.75) is 0 Å². The normalized spacial score (nSPS) is 10.4. The van der Waals surface area contributed by atoms with Gasteiger partial charge in [-0.1, -0.05) is 12.1 Å². The Morgan fingerprint density at radius 2 is 2.00 bits per heavy atom. The number of nitrogens with two attached hydrogens (primary N) is 2. The molecule has 3 rings (SSSR count). The van der Waals surface area contributed by atoms with Gasteiger partial charge in [-0.25, -0.2) is 9.48 Å². The van der Waals surface area contributed by atoms with Crippen LogP contribution < -0.4 is 16.8 Å². The predicted molar refractivity (Wildman–Crippen MR) is 88.6 cm³/mol. The summed E-state index contributed by atoms with van der Waals surface area (Å²) in [4.78, 5) is 22.5. The highest BCUT2D eigenvalue weighted by atomic mass is 32.1. The van der Waals surface area contributed by atoms with E-state index >= 15 is 0 Å². The van der Waals surface area contributed by atoms with Gasteiger partial charge >= 0.3 is 6.03 Å². The molecule has 3 amide bonds. The van der Waals surface area contributed by atoms with Gasteiger partial charge in [0.2, 0.25) is 0 Å². The first-order chi connectivity index (χ1) is 11.0. The molecule has 0 spiro atoms. The molecule has 1 aromatic carbocycles. The highest BCUT2D eigenvalue weighted by Crippen LogP contribution is 2.25. The molecule has 0 aliphatic heterocycles. The molecule has 0 saturated heterocycles. The maximum absolute atomic E-state index is 11.5. The number of nitrogens with zero attached hydrogens (tertiary/aromatic N) is 2. The second kappa shape index (κ2) is 5.93. The summed E-state index contributed by atoms with van der Waals surface area (Å²) < 4.78 is 1.47. The van der Waals surface area contributed by atoms with Gasteiger partial charge in [-0.3, -0.25) is 4.79 Å². The van der Waals surface area contributed by atoms with E-state index in [4.69, 9.17) is 11.5 Å². The van der Waals surface area contributed by atoms with Crippen LogP contribution in [0.1, 0.15) is 10.5 Å². The lowest BCUT2D eigenvalue weighted by Gasteiger charge is -2.04. The summed E-state index contributed by atoms with van der Waals surface area (Å²) >= 11 is 1.61. The van der Waals surface area contributed by atoms with Gasteiger partial charge in [-0.05, 0) is 40.1 Å². The van der Waals surface area contributed by atoms with E-state index in [0.717, 1.165) is 16.8 Å². The Bertz CT molecular complexity index is 870. The highest BCUT2D eigenvalue weighted by molar-refractivity contribution is 7.08. The fourth-order valence-electron chi connectivity index (χ4n) is 2.17. The summed E-state index contributed by atoms with van der Waals surface area (Å²) in [6, 6.07) is 8.85. The Morgan fingerprint density at radius 1 is 1.17 bits per heavy atom. The zero-order chi connectivity index (χ0) is 16.4. The minimum Gasteiger partial charge on any atom is -0.364 e. The topological polar surface area (TPSA) is 116 Å². The number of benzene rings is 1. The number of thiophene rings is 1. The SMILES string of the molecule is NC(=O)Nc1cn(-c2cccc(-c3ccsc3)c2)nc1C(N)=O. The molecule has 2 aromatic heterocycles. The van der Waals surface area contributed by atoms with E-state index in [-0.39, 0.29) is 11.4 Å². The number of hydrogen-bond acceptors (Lipinski definition) is 4. The summed E-state index contributed by atoms with van der Waals surface area (Å²) in [5, 5.41) is 10.5. The van der Waals surface area contributed by atoms with Gasteiger partial charge in [0.25, 0.3) is 5.91 Å². The van der Waals surface area contributed by atoms with E-state index in [1.54, 1.807) is 11.3 Å². The number of anilines is 1. The van der Waals surface area contributed by atoms with Gasteiger partial charge in [-0.2, -0.15) is 16.4 Å². The molecular formula is C15H13N5O2S. The van der Waals surface area contributed by atoms with Crippen molar-refractivity contribution in [3.63, 3.8) is 0 Å². The minimum atomic E-state index is -0.793. The van der Waals surface area contributed by atoms with Crippen molar-refractivity contribution in [3.8, 4) is 16.8 Å². The van der Waals surface area contributed by atoms with Crippen molar-refractivity contribution in [1.29, 1.82) is 0 Å².